The third kappa shape index (κ3) is 5.32. The van der Waals surface area contributed by atoms with Crippen molar-refractivity contribution < 1.29 is 34.8 Å². The molecule has 11 nitrogen and oxygen atoms in total. The number of nitrogens with one attached hydrogen (secondary N) is 1. The zero-order valence-electron chi connectivity index (χ0n) is 26.6. The first-order valence-corrected chi connectivity index (χ1v) is 14.6. The number of amides is 1. The van der Waals surface area contributed by atoms with Crippen molar-refractivity contribution in [1.29, 1.82) is 0 Å². The fraction of sp³-hybridized carbons (Fsp3) is 0.594. The first-order valence-electron chi connectivity index (χ1n) is 14.6. The van der Waals surface area contributed by atoms with E-state index >= 15 is 0 Å². The molecule has 0 radical (unpaired) electrons. The molecule has 0 bridgehead atoms. The lowest BCUT2D eigenvalue weighted by Crippen LogP contribution is -2.65. The average Bonchev–Trinajstić information content (AvgIpc) is 2.82. The minimum atomic E-state index is -2.66. The highest BCUT2D eigenvalue weighted by Gasteiger charge is 2.64. The van der Waals surface area contributed by atoms with Gasteiger partial charge >= 0.3 is 0 Å². The number of phenols is 1. The van der Waals surface area contributed by atoms with E-state index in [4.69, 9.17) is 5.73 Å². The maximum Gasteiger partial charge on any atom is 0.255 e. The van der Waals surface area contributed by atoms with Gasteiger partial charge in [0.1, 0.15) is 22.8 Å². The maximum absolute atomic E-state index is 14.1. The predicted octanol–water partition coefficient (Wildman–Crippen LogP) is 2.33. The van der Waals surface area contributed by atoms with E-state index < -0.39 is 58.0 Å². The van der Waals surface area contributed by atoms with Gasteiger partial charge in [-0.25, -0.2) is 0 Å². The number of nitrogens with zero attached hydrogens (tertiary/aromatic N) is 2. The Kier molecular flexibility index (Phi) is 8.04. The second-order valence-corrected chi connectivity index (χ2v) is 14.6. The van der Waals surface area contributed by atoms with Gasteiger partial charge in [-0.15, -0.1) is 0 Å². The van der Waals surface area contributed by atoms with Crippen molar-refractivity contribution in [1.82, 2.24) is 10.2 Å². The summed E-state index contributed by atoms with van der Waals surface area (Å²) in [6.07, 6.45) is 1.18. The molecule has 0 aliphatic heterocycles. The van der Waals surface area contributed by atoms with Crippen LogP contribution in [0.25, 0.3) is 5.76 Å². The van der Waals surface area contributed by atoms with Gasteiger partial charge in [0.15, 0.2) is 11.4 Å². The molecule has 43 heavy (non-hydrogen) atoms. The van der Waals surface area contributed by atoms with Crippen molar-refractivity contribution in [2.45, 2.75) is 77.6 Å². The molecule has 4 atom stereocenters. The van der Waals surface area contributed by atoms with E-state index in [1.807, 2.05) is 19.0 Å². The minimum absolute atomic E-state index is 0.0421. The number of hydrogen-bond acceptors (Lipinski definition) is 10. The van der Waals surface area contributed by atoms with Gasteiger partial charge in [-0.2, -0.15) is 0 Å². The molecule has 236 valence electrons. The van der Waals surface area contributed by atoms with Gasteiger partial charge in [-0.1, -0.05) is 20.8 Å². The van der Waals surface area contributed by atoms with E-state index in [2.05, 4.69) is 39.9 Å². The van der Waals surface area contributed by atoms with Crippen molar-refractivity contribution in [2.24, 2.45) is 23.0 Å². The number of hydrogen-bond donors (Lipinski definition) is 6. The number of anilines is 1. The van der Waals surface area contributed by atoms with E-state index in [0.29, 0.717) is 12.1 Å². The summed E-state index contributed by atoms with van der Waals surface area (Å²) >= 11 is 0. The summed E-state index contributed by atoms with van der Waals surface area (Å²) in [5.74, 6) is -6.63. The zero-order chi connectivity index (χ0) is 32.6. The van der Waals surface area contributed by atoms with Gasteiger partial charge in [0.05, 0.1) is 11.6 Å². The Balaban J connectivity index is 1.87. The van der Waals surface area contributed by atoms with Crippen molar-refractivity contribution in [3.8, 4) is 5.75 Å². The molecule has 0 aromatic heterocycles. The van der Waals surface area contributed by atoms with Gasteiger partial charge in [0.2, 0.25) is 5.78 Å². The fourth-order valence-corrected chi connectivity index (χ4v) is 7.78. The SMILES string of the molecule is CN(C)c1c(CNC(C)(C)CC(C)(C)C)cc(O)c2c1C[C@H]1C[C@H]3[C@H](N(C)C)C(=O)C(C(N)=O)=C(O)[C@@]3(O)C(=O)C1=C2O. The molecule has 0 spiro atoms. The number of primary amides is 1. The lowest BCUT2D eigenvalue weighted by molar-refractivity contribution is -0.153. The van der Waals surface area contributed by atoms with Crippen LogP contribution in [0, 0.1) is 17.3 Å². The quantitative estimate of drug-likeness (QED) is 0.255. The number of aromatic hydroxyl groups is 1. The van der Waals surface area contributed by atoms with Crippen LogP contribution in [0.15, 0.2) is 23.0 Å². The van der Waals surface area contributed by atoms with Gasteiger partial charge < -0.3 is 36.4 Å². The lowest BCUT2D eigenvalue weighted by atomic mass is 9.57. The number of carbonyl (C=O) groups is 3. The van der Waals surface area contributed by atoms with E-state index in [9.17, 15) is 34.8 Å². The first kappa shape index (κ1) is 32.5. The molecule has 7 N–H and O–H groups in total. The molecule has 0 unspecified atom stereocenters. The number of carbonyl (C=O) groups excluding carboxylic acids is 3. The Hall–Kier alpha value is -3.41. The monoisotopic (exact) mass is 598 g/mol. The van der Waals surface area contributed by atoms with Gasteiger partial charge in [-0.05, 0) is 75.7 Å². The molecular weight excluding hydrogens is 552 g/mol. The van der Waals surface area contributed by atoms with Crippen LogP contribution in [0.2, 0.25) is 0 Å². The van der Waals surface area contributed by atoms with Crippen LogP contribution in [0.4, 0.5) is 5.69 Å². The summed E-state index contributed by atoms with van der Waals surface area (Å²) in [5, 5.41) is 49.2. The van der Waals surface area contributed by atoms with Crippen LogP contribution in [0.1, 0.15) is 64.2 Å². The number of rotatable bonds is 7. The van der Waals surface area contributed by atoms with Crippen LogP contribution in [0.3, 0.4) is 0 Å². The molecule has 1 fully saturated rings. The molecule has 11 heteroatoms. The highest BCUT2D eigenvalue weighted by molar-refractivity contribution is 6.24. The van der Waals surface area contributed by atoms with Crippen LogP contribution in [-0.2, 0) is 27.3 Å². The number of benzene rings is 1. The van der Waals surface area contributed by atoms with Crippen molar-refractivity contribution in [3.05, 3.63) is 39.7 Å². The number of aliphatic hydroxyl groups excluding tert-OH is 2. The van der Waals surface area contributed by atoms with Crippen molar-refractivity contribution >= 4 is 28.9 Å². The summed E-state index contributed by atoms with van der Waals surface area (Å²) in [4.78, 5) is 43.0. The summed E-state index contributed by atoms with van der Waals surface area (Å²) in [5.41, 5.74) is 3.94. The molecule has 3 aliphatic rings. The Morgan fingerprint density at radius 2 is 1.70 bits per heavy atom. The maximum atomic E-state index is 14.1. The van der Waals surface area contributed by atoms with Crippen LogP contribution in [0.5, 0.6) is 5.75 Å². The standard InChI is InChI=1S/C32H46N4O7/c1-30(2,3)14-31(4,5)34-13-16-12-19(37)21-17(23(16)35(6)7)10-15-11-18-24(36(8)9)26(39)22(29(33)42)28(41)32(18,43)27(40)20(15)25(21)38/h12,15,18,24,34,37-38,41,43H,10-11,13-14H2,1-9H3,(H2,33,42)/t15-,18-,24-,32-/m0/s1. The zero-order valence-corrected chi connectivity index (χ0v) is 26.6. The second kappa shape index (κ2) is 10.6. The van der Waals surface area contributed by atoms with Crippen LogP contribution < -0.4 is 16.0 Å². The molecule has 4 rings (SSSR count). The topological polar surface area (TPSA) is 177 Å². The van der Waals surface area contributed by atoms with Gasteiger partial charge in [0, 0.05) is 43.4 Å². The Labute approximate surface area is 253 Å². The van der Waals surface area contributed by atoms with E-state index in [1.54, 1.807) is 20.2 Å². The van der Waals surface area contributed by atoms with Gasteiger partial charge in [0.25, 0.3) is 5.91 Å². The molecule has 1 aromatic carbocycles. The molecule has 1 saturated carbocycles. The Bertz CT molecular complexity index is 1450. The molecular formula is C32H46N4O7. The van der Waals surface area contributed by atoms with E-state index in [0.717, 1.165) is 17.7 Å². The lowest BCUT2D eigenvalue weighted by Gasteiger charge is -2.50. The Morgan fingerprint density at radius 1 is 1.09 bits per heavy atom. The number of Topliss-reactive ketones (excluding diaryl/α,β-unsaturated/α-hetero) is 2. The third-order valence-corrected chi connectivity index (χ3v) is 8.95. The minimum Gasteiger partial charge on any atom is -0.508 e. The largest absolute Gasteiger partial charge is 0.508 e. The number of phenolic OH excluding ortho intramolecular Hbond substituents is 1. The van der Waals surface area contributed by atoms with Crippen LogP contribution in [-0.4, -0.2) is 88.2 Å². The number of fused-ring (bicyclic) bond motifs is 3. The highest BCUT2D eigenvalue weighted by Crippen LogP contribution is 2.54. The highest BCUT2D eigenvalue weighted by atomic mass is 16.3. The van der Waals surface area contributed by atoms with Gasteiger partial charge in [-0.3, -0.25) is 19.3 Å². The summed E-state index contributed by atoms with van der Waals surface area (Å²) in [6, 6.07) is 0.444. The molecule has 1 aromatic rings. The normalized spacial score (nSPS) is 26.0. The summed E-state index contributed by atoms with van der Waals surface area (Å²) < 4.78 is 0. The number of likely N-dealkylation sites (N-methyl/N-ethyl adjacent to an activating group) is 1. The average molecular weight is 599 g/mol. The second-order valence-electron chi connectivity index (χ2n) is 14.6. The smallest absolute Gasteiger partial charge is 0.255 e. The Morgan fingerprint density at radius 3 is 2.21 bits per heavy atom. The number of ketones is 2. The van der Waals surface area contributed by atoms with Crippen molar-refractivity contribution in [3.63, 3.8) is 0 Å². The molecule has 0 heterocycles. The number of nitrogens with two attached hydrogens (primary N) is 1. The predicted molar refractivity (Wildman–Crippen MR) is 164 cm³/mol. The van der Waals surface area contributed by atoms with Crippen molar-refractivity contribution in [2.75, 3.05) is 33.1 Å². The summed E-state index contributed by atoms with van der Waals surface area (Å²) in [6.45, 7) is 11.2. The molecule has 3 aliphatic carbocycles. The van der Waals surface area contributed by atoms with Crippen LogP contribution >= 0.6 is 0 Å². The van der Waals surface area contributed by atoms with E-state index in [-0.39, 0.29) is 40.7 Å². The molecule has 0 saturated heterocycles. The summed E-state index contributed by atoms with van der Waals surface area (Å²) in [7, 11) is 6.90. The number of aliphatic hydroxyl groups is 3. The fourth-order valence-electron chi connectivity index (χ4n) is 7.78. The van der Waals surface area contributed by atoms with E-state index in [1.165, 1.54) is 4.90 Å². The molecule has 1 amide bonds. The first-order chi connectivity index (χ1) is 19.6. The third-order valence-electron chi connectivity index (χ3n) is 8.95.